The van der Waals surface area contributed by atoms with E-state index in [1.807, 2.05) is 71.1 Å². The monoisotopic (exact) mass is 521 g/mol. The van der Waals surface area contributed by atoms with Crippen LogP contribution in [0, 0.1) is 0 Å². The summed E-state index contributed by atoms with van der Waals surface area (Å²) in [5.74, 6) is -0.197. The summed E-state index contributed by atoms with van der Waals surface area (Å²) in [6.07, 6.45) is 7.37. The summed E-state index contributed by atoms with van der Waals surface area (Å²) in [5.41, 5.74) is 4.27. The summed E-state index contributed by atoms with van der Waals surface area (Å²) in [7, 11) is 0. The molecule has 0 unspecified atom stereocenters. The number of hydrogen-bond donors (Lipinski definition) is 3. The number of carbonyl (C=O) groups excluding carboxylic acids is 2. The van der Waals surface area contributed by atoms with Gasteiger partial charge in [-0.25, -0.2) is 4.79 Å². The number of rotatable bonds is 10. The standard InChI is InChI=1S/C28H35N3O3.2C2H6/c1-6-8-9-22(7-2)23-12-10-21(11-13-23)20-31-25-16-14-24(15-17-25)26(32)29-18-19-30-27(33)34-28(3,4)5;2*1-2/h6-17,31H,2,18-20H2,1,3-5H3,(H,29,32)(H,30,33);2*1-2H3/b8-6-,22-9+;;. The second kappa shape index (κ2) is 19.3. The second-order valence-corrected chi connectivity index (χ2v) is 8.66. The Kier molecular flexibility index (Phi) is 17.4. The van der Waals surface area contributed by atoms with Crippen LogP contribution >= 0.6 is 0 Å². The molecule has 38 heavy (non-hydrogen) atoms. The summed E-state index contributed by atoms with van der Waals surface area (Å²) in [6, 6.07) is 15.6. The smallest absolute Gasteiger partial charge is 0.407 e. The molecule has 0 spiro atoms. The fourth-order valence-corrected chi connectivity index (χ4v) is 3.00. The number of nitrogens with one attached hydrogen (secondary N) is 3. The Balaban J connectivity index is 0.00000326. The number of benzene rings is 2. The molecule has 0 aromatic heterocycles. The van der Waals surface area contributed by atoms with Crippen LogP contribution in [0.2, 0.25) is 0 Å². The van der Waals surface area contributed by atoms with Gasteiger partial charge in [0.15, 0.2) is 0 Å². The zero-order chi connectivity index (χ0) is 29.0. The van der Waals surface area contributed by atoms with Crippen molar-refractivity contribution in [1.29, 1.82) is 0 Å². The van der Waals surface area contributed by atoms with E-state index in [-0.39, 0.29) is 5.91 Å². The number of carbonyl (C=O) groups is 2. The first kappa shape index (κ1) is 34.2. The van der Waals surface area contributed by atoms with Crippen LogP contribution in [0.3, 0.4) is 0 Å². The average Bonchev–Trinajstić information content (AvgIpc) is 2.92. The molecule has 0 radical (unpaired) electrons. The zero-order valence-electron chi connectivity index (χ0n) is 24.5. The Hall–Kier alpha value is -3.80. The quantitative estimate of drug-likeness (QED) is 0.221. The molecule has 0 saturated heterocycles. The van der Waals surface area contributed by atoms with Gasteiger partial charge in [-0.3, -0.25) is 4.79 Å². The highest BCUT2D eigenvalue weighted by molar-refractivity contribution is 5.94. The molecule has 3 N–H and O–H groups in total. The van der Waals surface area contributed by atoms with Crippen molar-refractivity contribution in [2.75, 3.05) is 18.4 Å². The lowest BCUT2D eigenvalue weighted by atomic mass is 10.0. The van der Waals surface area contributed by atoms with E-state index >= 15 is 0 Å². The van der Waals surface area contributed by atoms with Gasteiger partial charge in [0, 0.05) is 30.9 Å². The summed E-state index contributed by atoms with van der Waals surface area (Å²) >= 11 is 0. The number of alkyl carbamates (subject to hydrolysis) is 1. The van der Waals surface area contributed by atoms with Crippen molar-refractivity contribution < 1.29 is 14.3 Å². The van der Waals surface area contributed by atoms with E-state index in [0.717, 1.165) is 22.4 Å². The van der Waals surface area contributed by atoms with E-state index in [0.29, 0.717) is 25.2 Å². The molecule has 0 heterocycles. The fourth-order valence-electron chi connectivity index (χ4n) is 3.00. The zero-order valence-corrected chi connectivity index (χ0v) is 24.5. The van der Waals surface area contributed by atoms with Gasteiger partial charge in [-0.15, -0.1) is 0 Å². The lowest BCUT2D eigenvalue weighted by Crippen LogP contribution is -2.37. The molecule has 208 valence electrons. The normalized spacial score (nSPS) is 10.8. The fraction of sp³-hybridized carbons (Fsp3) is 0.375. The molecular weight excluding hydrogens is 474 g/mol. The van der Waals surface area contributed by atoms with E-state index in [9.17, 15) is 9.59 Å². The van der Waals surface area contributed by atoms with Crippen LogP contribution in [0.15, 0.2) is 79.4 Å². The molecule has 0 atom stereocenters. The highest BCUT2D eigenvalue weighted by atomic mass is 16.6. The number of anilines is 1. The van der Waals surface area contributed by atoms with Gasteiger partial charge in [0.05, 0.1) is 0 Å². The van der Waals surface area contributed by atoms with Crippen molar-refractivity contribution in [3.05, 3.63) is 96.1 Å². The number of ether oxygens (including phenoxy) is 1. The molecule has 6 nitrogen and oxygen atoms in total. The summed E-state index contributed by atoms with van der Waals surface area (Å²) in [4.78, 5) is 23.9. The van der Waals surface area contributed by atoms with Gasteiger partial charge < -0.3 is 20.7 Å². The Morgan fingerprint density at radius 3 is 1.95 bits per heavy atom. The first-order valence-corrected chi connectivity index (χ1v) is 13.4. The van der Waals surface area contributed by atoms with Crippen LogP contribution in [-0.2, 0) is 11.3 Å². The lowest BCUT2D eigenvalue weighted by Gasteiger charge is -2.19. The molecule has 2 rings (SSSR count). The minimum Gasteiger partial charge on any atom is -0.444 e. The van der Waals surface area contributed by atoms with Crippen molar-refractivity contribution in [3.63, 3.8) is 0 Å². The molecule has 2 aromatic rings. The second-order valence-electron chi connectivity index (χ2n) is 8.66. The summed E-state index contributed by atoms with van der Waals surface area (Å²) < 4.78 is 5.15. The minimum atomic E-state index is -0.551. The van der Waals surface area contributed by atoms with E-state index < -0.39 is 11.7 Å². The topological polar surface area (TPSA) is 79.5 Å². The molecule has 0 bridgehead atoms. The van der Waals surface area contributed by atoms with Crippen LogP contribution < -0.4 is 16.0 Å². The van der Waals surface area contributed by atoms with Crippen molar-refractivity contribution in [2.24, 2.45) is 0 Å². The minimum absolute atomic E-state index is 0.197. The van der Waals surface area contributed by atoms with Crippen LogP contribution in [0.4, 0.5) is 10.5 Å². The Labute approximate surface area is 230 Å². The molecule has 2 aromatic carbocycles. The molecule has 6 heteroatoms. The predicted octanol–water partition coefficient (Wildman–Crippen LogP) is 7.75. The van der Waals surface area contributed by atoms with Crippen molar-refractivity contribution >= 4 is 23.3 Å². The first-order valence-electron chi connectivity index (χ1n) is 13.4. The highest BCUT2D eigenvalue weighted by Crippen LogP contribution is 2.18. The van der Waals surface area contributed by atoms with Gasteiger partial charge in [0.25, 0.3) is 5.91 Å². The summed E-state index contributed by atoms with van der Waals surface area (Å²) in [6.45, 7) is 20.5. The summed E-state index contributed by atoms with van der Waals surface area (Å²) in [5, 5.41) is 8.76. The maximum Gasteiger partial charge on any atom is 0.407 e. The molecule has 0 fully saturated rings. The molecule has 0 saturated carbocycles. The third-order valence-electron chi connectivity index (χ3n) is 4.70. The highest BCUT2D eigenvalue weighted by Gasteiger charge is 2.15. The SMILES string of the molecule is C=C/C(=C\C=C/C)c1ccc(CNc2ccc(C(=O)NCCNC(=O)OC(C)(C)C)cc2)cc1.CC.CC. The lowest BCUT2D eigenvalue weighted by molar-refractivity contribution is 0.0526. The largest absolute Gasteiger partial charge is 0.444 e. The van der Waals surface area contributed by atoms with E-state index in [1.165, 1.54) is 0 Å². The van der Waals surface area contributed by atoms with Crippen LogP contribution in [0.1, 0.15) is 76.9 Å². The maximum atomic E-state index is 12.3. The average molecular weight is 522 g/mol. The van der Waals surface area contributed by atoms with Gasteiger partial charge in [-0.2, -0.15) is 0 Å². The van der Waals surface area contributed by atoms with Crippen LogP contribution in [-0.4, -0.2) is 30.7 Å². The van der Waals surface area contributed by atoms with E-state index in [2.05, 4.69) is 46.8 Å². The third kappa shape index (κ3) is 14.1. The van der Waals surface area contributed by atoms with Gasteiger partial charge in [-0.1, -0.05) is 82.8 Å². The van der Waals surface area contributed by atoms with Crippen molar-refractivity contribution in [1.82, 2.24) is 10.6 Å². The van der Waals surface area contributed by atoms with E-state index in [1.54, 1.807) is 32.9 Å². The van der Waals surface area contributed by atoms with Crippen molar-refractivity contribution in [2.45, 2.75) is 67.5 Å². The van der Waals surface area contributed by atoms with Gasteiger partial charge in [0.1, 0.15) is 5.60 Å². The molecular formula is C32H47N3O3. The molecule has 2 amide bonds. The van der Waals surface area contributed by atoms with Crippen molar-refractivity contribution in [3.8, 4) is 0 Å². The number of hydrogen-bond acceptors (Lipinski definition) is 4. The van der Waals surface area contributed by atoms with Gasteiger partial charge in [0.2, 0.25) is 0 Å². The Bertz CT molecular complexity index is 1020. The number of amides is 2. The third-order valence-corrected chi connectivity index (χ3v) is 4.70. The van der Waals surface area contributed by atoms with Gasteiger partial charge >= 0.3 is 6.09 Å². The van der Waals surface area contributed by atoms with E-state index in [4.69, 9.17) is 4.74 Å². The first-order chi connectivity index (χ1) is 18.2. The maximum absolute atomic E-state index is 12.3. The van der Waals surface area contributed by atoms with Crippen LogP contribution in [0.25, 0.3) is 5.57 Å². The molecule has 0 aliphatic heterocycles. The Morgan fingerprint density at radius 1 is 0.868 bits per heavy atom. The molecule has 0 aliphatic carbocycles. The van der Waals surface area contributed by atoms with Gasteiger partial charge in [-0.05, 0) is 68.7 Å². The Morgan fingerprint density at radius 2 is 1.42 bits per heavy atom. The predicted molar refractivity (Wildman–Crippen MR) is 162 cm³/mol. The molecule has 0 aliphatic rings. The number of allylic oxidation sites excluding steroid dienone is 5. The van der Waals surface area contributed by atoms with Crippen LogP contribution in [0.5, 0.6) is 0 Å².